The summed E-state index contributed by atoms with van der Waals surface area (Å²) in [6.45, 7) is 2.61. The van der Waals surface area contributed by atoms with E-state index < -0.39 is 11.2 Å². The number of aromatic nitrogens is 2. The number of amides is 1. The third-order valence-electron chi connectivity index (χ3n) is 5.01. The molecule has 0 aliphatic carbocycles. The van der Waals surface area contributed by atoms with Crippen LogP contribution in [0.25, 0.3) is 0 Å². The summed E-state index contributed by atoms with van der Waals surface area (Å²) in [5, 5.41) is 0. The number of likely N-dealkylation sites (tertiary alicyclic amines) is 1. The first-order valence-electron chi connectivity index (χ1n) is 8.79. The summed E-state index contributed by atoms with van der Waals surface area (Å²) < 4.78 is 0.920. The Labute approximate surface area is 151 Å². The van der Waals surface area contributed by atoms with Crippen molar-refractivity contribution in [3.63, 3.8) is 0 Å². The van der Waals surface area contributed by atoms with Gasteiger partial charge in [-0.3, -0.25) is 19.1 Å². The topological polar surface area (TPSA) is 78.4 Å². The third kappa shape index (κ3) is 3.77. The third-order valence-corrected chi connectivity index (χ3v) is 5.01. The minimum Gasteiger partial charge on any atom is -0.337 e. The van der Waals surface area contributed by atoms with Gasteiger partial charge in [-0.2, -0.15) is 0 Å². The molecule has 26 heavy (non-hydrogen) atoms. The van der Waals surface area contributed by atoms with Crippen molar-refractivity contribution < 1.29 is 4.79 Å². The fourth-order valence-corrected chi connectivity index (χ4v) is 3.41. The summed E-state index contributed by atoms with van der Waals surface area (Å²) in [7, 11) is 3.09. The lowest BCUT2D eigenvalue weighted by Crippen LogP contribution is -2.49. The van der Waals surface area contributed by atoms with E-state index in [9.17, 15) is 14.4 Å². The van der Waals surface area contributed by atoms with Gasteiger partial charge in [0, 0.05) is 39.4 Å². The van der Waals surface area contributed by atoms with Gasteiger partial charge < -0.3 is 9.88 Å². The molecule has 1 aliphatic heterocycles. The summed E-state index contributed by atoms with van der Waals surface area (Å²) in [4.78, 5) is 42.9. The van der Waals surface area contributed by atoms with Crippen LogP contribution in [0.15, 0.2) is 46.1 Å². The van der Waals surface area contributed by atoms with Gasteiger partial charge in [-0.1, -0.05) is 30.3 Å². The van der Waals surface area contributed by atoms with Crippen molar-refractivity contribution in [2.24, 2.45) is 7.05 Å². The molecule has 1 aromatic heterocycles. The van der Waals surface area contributed by atoms with Gasteiger partial charge in [0.2, 0.25) is 0 Å². The van der Waals surface area contributed by atoms with Gasteiger partial charge in [-0.25, -0.2) is 4.79 Å². The van der Waals surface area contributed by atoms with E-state index in [2.05, 4.69) is 22.0 Å². The SMILES string of the molecule is CN(C(=O)c1c[nH]c(=O)n(C)c1=O)C1CCCN(Cc2ccccc2)C1. The Balaban J connectivity index is 1.72. The monoisotopic (exact) mass is 356 g/mol. The Hall–Kier alpha value is -2.67. The lowest BCUT2D eigenvalue weighted by molar-refractivity contribution is 0.0606. The van der Waals surface area contributed by atoms with Gasteiger partial charge in [0.05, 0.1) is 0 Å². The zero-order valence-electron chi connectivity index (χ0n) is 15.1. The molecule has 0 radical (unpaired) electrons. The smallest absolute Gasteiger partial charge is 0.328 e. The van der Waals surface area contributed by atoms with Crippen molar-refractivity contribution in [1.29, 1.82) is 0 Å². The van der Waals surface area contributed by atoms with Crippen molar-refractivity contribution in [3.05, 3.63) is 68.5 Å². The number of rotatable bonds is 4. The maximum Gasteiger partial charge on any atom is 0.328 e. The van der Waals surface area contributed by atoms with Gasteiger partial charge >= 0.3 is 5.69 Å². The molecule has 1 saturated heterocycles. The van der Waals surface area contributed by atoms with E-state index >= 15 is 0 Å². The molecule has 1 unspecified atom stereocenters. The van der Waals surface area contributed by atoms with Crippen molar-refractivity contribution in [2.75, 3.05) is 20.1 Å². The first-order valence-corrected chi connectivity index (χ1v) is 8.79. The molecule has 1 N–H and O–H groups in total. The molecular formula is C19H24N4O3. The molecule has 1 amide bonds. The molecule has 1 atom stereocenters. The van der Waals surface area contributed by atoms with E-state index in [1.165, 1.54) is 18.8 Å². The second-order valence-corrected chi connectivity index (χ2v) is 6.80. The standard InChI is InChI=1S/C19H24N4O3/c1-21(17(24)16-11-20-19(26)22(2)18(16)25)15-9-6-10-23(13-15)12-14-7-4-3-5-8-14/h3-5,7-8,11,15H,6,9-10,12-13H2,1-2H3,(H,20,26). The minimum atomic E-state index is -0.567. The number of likely N-dealkylation sites (N-methyl/N-ethyl adjacent to an activating group) is 1. The highest BCUT2D eigenvalue weighted by Gasteiger charge is 2.28. The predicted octanol–water partition coefficient (Wildman–Crippen LogP) is 0.810. The van der Waals surface area contributed by atoms with Crippen LogP contribution in [0.2, 0.25) is 0 Å². The van der Waals surface area contributed by atoms with Crippen molar-refractivity contribution >= 4 is 5.91 Å². The van der Waals surface area contributed by atoms with Crippen LogP contribution >= 0.6 is 0 Å². The second kappa shape index (κ2) is 7.70. The molecule has 7 nitrogen and oxygen atoms in total. The predicted molar refractivity (Wildman–Crippen MR) is 99.1 cm³/mol. The molecule has 0 bridgehead atoms. The average Bonchev–Trinajstić information content (AvgIpc) is 2.66. The molecule has 0 spiro atoms. The second-order valence-electron chi connectivity index (χ2n) is 6.80. The summed E-state index contributed by atoms with van der Waals surface area (Å²) in [5.41, 5.74) is 0.148. The van der Waals surface area contributed by atoms with Crippen LogP contribution in [0.3, 0.4) is 0 Å². The number of H-pyrrole nitrogens is 1. The number of hydrogen-bond donors (Lipinski definition) is 1. The number of nitrogens with one attached hydrogen (secondary N) is 1. The van der Waals surface area contributed by atoms with Crippen LogP contribution in [0.4, 0.5) is 0 Å². The fourth-order valence-electron chi connectivity index (χ4n) is 3.41. The Morgan fingerprint density at radius 1 is 1.27 bits per heavy atom. The van der Waals surface area contributed by atoms with Gasteiger partial charge in [-0.15, -0.1) is 0 Å². The molecule has 3 rings (SSSR count). The molecule has 1 fully saturated rings. The minimum absolute atomic E-state index is 0.00483. The van der Waals surface area contributed by atoms with Crippen molar-refractivity contribution in [2.45, 2.75) is 25.4 Å². The number of hydrogen-bond acceptors (Lipinski definition) is 4. The molecule has 2 heterocycles. The van der Waals surface area contributed by atoms with Crippen LogP contribution in [-0.4, -0.2) is 51.4 Å². The normalized spacial score (nSPS) is 17.8. The average molecular weight is 356 g/mol. The Bertz CT molecular complexity index is 888. The number of carbonyl (C=O) groups excluding carboxylic acids is 1. The lowest BCUT2D eigenvalue weighted by Gasteiger charge is -2.37. The number of aromatic amines is 1. The molecule has 7 heteroatoms. The van der Waals surface area contributed by atoms with Gasteiger partial charge in [-0.05, 0) is 24.9 Å². The quantitative estimate of drug-likeness (QED) is 0.879. The van der Waals surface area contributed by atoms with E-state index in [1.807, 2.05) is 18.2 Å². The van der Waals surface area contributed by atoms with Crippen LogP contribution in [0.1, 0.15) is 28.8 Å². The maximum absolute atomic E-state index is 12.8. The summed E-state index contributed by atoms with van der Waals surface area (Å²) in [5.74, 6) is -0.353. The van der Waals surface area contributed by atoms with Crippen LogP contribution < -0.4 is 11.2 Å². The van der Waals surface area contributed by atoms with Crippen LogP contribution in [-0.2, 0) is 13.6 Å². The molecular weight excluding hydrogens is 332 g/mol. The zero-order valence-corrected chi connectivity index (χ0v) is 15.1. The summed E-state index contributed by atoms with van der Waals surface area (Å²) >= 11 is 0. The van der Waals surface area contributed by atoms with Crippen molar-refractivity contribution in [1.82, 2.24) is 19.4 Å². The van der Waals surface area contributed by atoms with Crippen molar-refractivity contribution in [3.8, 4) is 0 Å². The van der Waals surface area contributed by atoms with E-state index in [-0.39, 0.29) is 17.5 Å². The highest BCUT2D eigenvalue weighted by molar-refractivity contribution is 5.93. The first-order chi connectivity index (χ1) is 12.5. The summed E-state index contributed by atoms with van der Waals surface area (Å²) in [6, 6.07) is 10.3. The van der Waals surface area contributed by atoms with E-state index in [1.54, 1.807) is 11.9 Å². The van der Waals surface area contributed by atoms with Gasteiger partial charge in [0.25, 0.3) is 11.5 Å². The largest absolute Gasteiger partial charge is 0.337 e. The van der Waals surface area contributed by atoms with E-state index in [0.29, 0.717) is 0 Å². The molecule has 138 valence electrons. The van der Waals surface area contributed by atoms with Gasteiger partial charge in [0.1, 0.15) is 5.56 Å². The Morgan fingerprint density at radius 3 is 2.73 bits per heavy atom. The maximum atomic E-state index is 12.8. The number of benzene rings is 1. The molecule has 1 aromatic carbocycles. The number of nitrogens with zero attached hydrogens (tertiary/aromatic N) is 3. The first kappa shape index (κ1) is 18.1. The number of carbonyl (C=O) groups is 1. The molecule has 2 aromatic rings. The van der Waals surface area contributed by atoms with Crippen LogP contribution in [0, 0.1) is 0 Å². The van der Waals surface area contributed by atoms with Gasteiger partial charge in [0.15, 0.2) is 0 Å². The zero-order chi connectivity index (χ0) is 18.7. The molecule has 1 aliphatic rings. The highest BCUT2D eigenvalue weighted by Crippen LogP contribution is 2.18. The highest BCUT2D eigenvalue weighted by atomic mass is 16.2. The molecule has 0 saturated carbocycles. The fraction of sp³-hybridized carbons (Fsp3) is 0.421. The lowest BCUT2D eigenvalue weighted by atomic mass is 10.0. The van der Waals surface area contributed by atoms with Crippen LogP contribution in [0.5, 0.6) is 0 Å². The van der Waals surface area contributed by atoms with E-state index in [0.717, 1.165) is 37.0 Å². The Kier molecular flexibility index (Phi) is 5.37. The number of piperidine rings is 1. The Morgan fingerprint density at radius 2 is 2.00 bits per heavy atom. The summed E-state index contributed by atoms with van der Waals surface area (Å²) in [6.07, 6.45) is 3.12. The van der Waals surface area contributed by atoms with E-state index in [4.69, 9.17) is 0 Å².